The lowest BCUT2D eigenvalue weighted by Gasteiger charge is -2.08. The molecule has 0 aliphatic carbocycles. The molecule has 3 nitrogen and oxygen atoms in total. The molecule has 0 fully saturated rings. The molecule has 0 aliphatic rings. The molecule has 2 aromatic rings. The number of halogens is 1. The van der Waals surface area contributed by atoms with Crippen molar-refractivity contribution in [3.05, 3.63) is 65.2 Å². The molecule has 0 saturated heterocycles. The van der Waals surface area contributed by atoms with E-state index in [2.05, 4.69) is 0 Å². The van der Waals surface area contributed by atoms with Gasteiger partial charge in [-0.2, -0.15) is 0 Å². The van der Waals surface area contributed by atoms with Gasteiger partial charge in [-0.1, -0.05) is 35.9 Å². The van der Waals surface area contributed by atoms with Crippen molar-refractivity contribution in [2.75, 3.05) is 0 Å². The molecule has 2 aromatic carbocycles. The zero-order valence-electron chi connectivity index (χ0n) is 10.0. The van der Waals surface area contributed by atoms with Gasteiger partial charge in [0.25, 0.3) is 0 Å². The van der Waals surface area contributed by atoms with Gasteiger partial charge in [-0.05, 0) is 35.9 Å². The highest BCUT2D eigenvalue weighted by Crippen LogP contribution is 2.30. The molecule has 0 atom stereocenters. The molecular formula is C15H12ClNO2. The van der Waals surface area contributed by atoms with Gasteiger partial charge in [0.2, 0.25) is 5.91 Å². The number of nitrogens with two attached hydrogens (primary N) is 1. The first-order chi connectivity index (χ1) is 9.15. The van der Waals surface area contributed by atoms with Crippen molar-refractivity contribution in [1.82, 2.24) is 0 Å². The Kier molecular flexibility index (Phi) is 4.21. The first kappa shape index (κ1) is 13.2. The zero-order chi connectivity index (χ0) is 13.7. The van der Waals surface area contributed by atoms with E-state index in [4.69, 9.17) is 22.1 Å². The predicted molar refractivity (Wildman–Crippen MR) is 76.2 cm³/mol. The summed E-state index contributed by atoms with van der Waals surface area (Å²) in [5, 5.41) is 0.500. The van der Waals surface area contributed by atoms with Crippen LogP contribution in [-0.4, -0.2) is 5.91 Å². The molecule has 2 N–H and O–H groups in total. The number of benzene rings is 2. The average Bonchev–Trinajstić information content (AvgIpc) is 2.41. The standard InChI is InChI=1S/C15H12ClNO2/c16-13-8-6-11(7-9-15(17)18)10-14(13)19-12-4-2-1-3-5-12/h1-10H,(H2,17,18). The van der Waals surface area contributed by atoms with Gasteiger partial charge in [0.05, 0.1) is 5.02 Å². The van der Waals surface area contributed by atoms with Crippen LogP contribution in [0.15, 0.2) is 54.6 Å². The van der Waals surface area contributed by atoms with Crippen molar-refractivity contribution < 1.29 is 9.53 Å². The number of para-hydroxylation sites is 1. The van der Waals surface area contributed by atoms with Crippen LogP contribution in [0.2, 0.25) is 5.02 Å². The Morgan fingerprint density at radius 2 is 1.89 bits per heavy atom. The molecule has 4 heteroatoms. The maximum Gasteiger partial charge on any atom is 0.241 e. The Morgan fingerprint density at radius 1 is 1.16 bits per heavy atom. The van der Waals surface area contributed by atoms with Crippen LogP contribution in [0.25, 0.3) is 6.08 Å². The van der Waals surface area contributed by atoms with E-state index < -0.39 is 5.91 Å². The topological polar surface area (TPSA) is 52.3 Å². The summed E-state index contributed by atoms with van der Waals surface area (Å²) >= 11 is 6.07. The fraction of sp³-hybridized carbons (Fsp3) is 0. The molecule has 0 aromatic heterocycles. The number of amides is 1. The second-order valence-electron chi connectivity index (χ2n) is 3.84. The lowest BCUT2D eigenvalue weighted by atomic mass is 10.2. The van der Waals surface area contributed by atoms with E-state index in [-0.39, 0.29) is 0 Å². The van der Waals surface area contributed by atoms with Gasteiger partial charge in [-0.3, -0.25) is 4.79 Å². The van der Waals surface area contributed by atoms with E-state index in [9.17, 15) is 4.79 Å². The average molecular weight is 274 g/mol. The third-order valence-corrected chi connectivity index (χ3v) is 2.68. The minimum Gasteiger partial charge on any atom is -0.456 e. The lowest BCUT2D eigenvalue weighted by Crippen LogP contribution is -2.05. The number of ether oxygens (including phenoxy) is 1. The fourth-order valence-electron chi connectivity index (χ4n) is 1.50. The van der Waals surface area contributed by atoms with Crippen molar-refractivity contribution in [1.29, 1.82) is 0 Å². The SMILES string of the molecule is NC(=O)C=Cc1ccc(Cl)c(Oc2ccccc2)c1. The highest BCUT2D eigenvalue weighted by molar-refractivity contribution is 6.32. The van der Waals surface area contributed by atoms with Crippen LogP contribution in [0.5, 0.6) is 11.5 Å². The summed E-state index contributed by atoms with van der Waals surface area (Å²) < 4.78 is 5.67. The van der Waals surface area contributed by atoms with Gasteiger partial charge in [-0.15, -0.1) is 0 Å². The van der Waals surface area contributed by atoms with Gasteiger partial charge in [-0.25, -0.2) is 0 Å². The molecule has 0 aliphatic heterocycles. The summed E-state index contributed by atoms with van der Waals surface area (Å²) in [5.74, 6) is 0.723. The molecule has 19 heavy (non-hydrogen) atoms. The third-order valence-electron chi connectivity index (χ3n) is 2.37. The second-order valence-corrected chi connectivity index (χ2v) is 4.25. The highest BCUT2D eigenvalue weighted by Gasteiger charge is 2.03. The number of carbonyl (C=O) groups is 1. The summed E-state index contributed by atoms with van der Waals surface area (Å²) in [6, 6.07) is 14.6. The van der Waals surface area contributed by atoms with Crippen molar-refractivity contribution in [2.24, 2.45) is 5.73 Å². The van der Waals surface area contributed by atoms with Crippen molar-refractivity contribution >= 4 is 23.6 Å². The van der Waals surface area contributed by atoms with Crippen molar-refractivity contribution in [3.63, 3.8) is 0 Å². The smallest absolute Gasteiger partial charge is 0.241 e. The van der Waals surface area contributed by atoms with Gasteiger partial charge < -0.3 is 10.5 Å². The fourth-order valence-corrected chi connectivity index (χ4v) is 1.65. The van der Waals surface area contributed by atoms with Crippen LogP contribution in [-0.2, 0) is 4.79 Å². The van der Waals surface area contributed by atoms with Crippen LogP contribution in [0.4, 0.5) is 0 Å². The number of primary amides is 1. The molecule has 0 bridgehead atoms. The van der Waals surface area contributed by atoms with Crippen molar-refractivity contribution in [2.45, 2.75) is 0 Å². The maximum absolute atomic E-state index is 10.7. The van der Waals surface area contributed by atoms with Crippen LogP contribution in [0.1, 0.15) is 5.56 Å². The first-order valence-electron chi connectivity index (χ1n) is 5.65. The summed E-state index contributed by atoms with van der Waals surface area (Å²) in [4.78, 5) is 10.7. The summed E-state index contributed by atoms with van der Waals surface area (Å²) in [5.41, 5.74) is 5.83. The van der Waals surface area contributed by atoms with Crippen LogP contribution in [0.3, 0.4) is 0 Å². The number of hydrogen-bond donors (Lipinski definition) is 1. The highest BCUT2D eigenvalue weighted by atomic mass is 35.5. The quantitative estimate of drug-likeness (QED) is 0.865. The number of carbonyl (C=O) groups excluding carboxylic acids is 1. The molecule has 0 heterocycles. The van der Waals surface area contributed by atoms with Crippen LogP contribution in [0, 0.1) is 0 Å². The van der Waals surface area contributed by atoms with Gasteiger partial charge in [0.1, 0.15) is 11.5 Å². The number of rotatable bonds is 4. The van der Waals surface area contributed by atoms with E-state index in [0.29, 0.717) is 16.5 Å². The minimum atomic E-state index is -0.500. The van der Waals surface area contributed by atoms with Crippen LogP contribution >= 0.6 is 11.6 Å². The summed E-state index contributed by atoms with van der Waals surface area (Å²) in [7, 11) is 0. The lowest BCUT2D eigenvalue weighted by molar-refractivity contribution is -0.113. The minimum absolute atomic E-state index is 0.500. The molecular weight excluding hydrogens is 262 g/mol. The van der Waals surface area contributed by atoms with E-state index in [1.165, 1.54) is 6.08 Å². The molecule has 0 saturated carbocycles. The van der Waals surface area contributed by atoms with Crippen molar-refractivity contribution in [3.8, 4) is 11.5 Å². The Hall–Kier alpha value is -2.26. The summed E-state index contributed by atoms with van der Waals surface area (Å²) in [6.07, 6.45) is 2.89. The maximum atomic E-state index is 10.7. The Labute approximate surface area is 116 Å². The monoisotopic (exact) mass is 273 g/mol. The molecule has 0 unspecified atom stereocenters. The van der Waals surface area contributed by atoms with E-state index in [1.807, 2.05) is 30.3 Å². The van der Waals surface area contributed by atoms with E-state index in [0.717, 1.165) is 5.56 Å². The van der Waals surface area contributed by atoms with E-state index in [1.54, 1.807) is 24.3 Å². The Balaban J connectivity index is 2.25. The molecule has 2 rings (SSSR count). The Bertz CT molecular complexity index is 609. The number of hydrogen-bond acceptors (Lipinski definition) is 2. The first-order valence-corrected chi connectivity index (χ1v) is 6.03. The molecule has 0 radical (unpaired) electrons. The largest absolute Gasteiger partial charge is 0.456 e. The Morgan fingerprint density at radius 3 is 2.58 bits per heavy atom. The molecule has 1 amide bonds. The summed E-state index contributed by atoms with van der Waals surface area (Å²) in [6.45, 7) is 0. The molecule has 0 spiro atoms. The predicted octanol–water partition coefficient (Wildman–Crippen LogP) is 3.63. The van der Waals surface area contributed by atoms with Gasteiger partial charge in [0.15, 0.2) is 0 Å². The molecule has 96 valence electrons. The van der Waals surface area contributed by atoms with Gasteiger partial charge in [0, 0.05) is 6.08 Å². The zero-order valence-corrected chi connectivity index (χ0v) is 10.8. The van der Waals surface area contributed by atoms with E-state index >= 15 is 0 Å². The third kappa shape index (κ3) is 3.86. The van der Waals surface area contributed by atoms with Crippen LogP contribution < -0.4 is 10.5 Å². The second kappa shape index (κ2) is 6.07. The van der Waals surface area contributed by atoms with Gasteiger partial charge >= 0.3 is 0 Å². The normalized spacial score (nSPS) is 10.6.